The molecule has 0 aromatic rings. The van der Waals surface area contributed by atoms with Crippen LogP contribution in [-0.2, 0) is 18.9 Å². The molecule has 4 heteroatoms. The molecule has 19 heavy (non-hydrogen) atoms. The summed E-state index contributed by atoms with van der Waals surface area (Å²) in [5, 5.41) is 0. The average Bonchev–Trinajstić information content (AvgIpc) is 2.41. The van der Waals surface area contributed by atoms with Crippen LogP contribution in [0.15, 0.2) is 24.0 Å². The average molecular weight is 266 g/mol. The molecule has 2 saturated heterocycles. The van der Waals surface area contributed by atoms with E-state index in [0.29, 0.717) is 23.5 Å². The lowest BCUT2D eigenvalue weighted by Gasteiger charge is -2.51. The molecule has 106 valence electrons. The molecule has 0 aromatic carbocycles. The van der Waals surface area contributed by atoms with E-state index in [1.54, 1.807) is 7.11 Å². The monoisotopic (exact) mass is 266 g/mol. The van der Waals surface area contributed by atoms with E-state index in [1.165, 1.54) is 5.57 Å². The van der Waals surface area contributed by atoms with E-state index in [0.717, 1.165) is 19.4 Å². The highest BCUT2D eigenvalue weighted by atomic mass is 16.7. The summed E-state index contributed by atoms with van der Waals surface area (Å²) in [6.45, 7) is 7.26. The minimum absolute atomic E-state index is 0.0882. The first-order valence-corrected chi connectivity index (χ1v) is 6.96. The second-order valence-electron chi connectivity index (χ2n) is 5.64. The smallest absolute Gasteiger partial charge is 0.203 e. The maximum absolute atomic E-state index is 5.86. The SMILES string of the molecule is C=C1O[C@@H]2OCC[C@H]3C(C)=CC[C@@H]([C@H]23)[C@@H]1OCOC. The van der Waals surface area contributed by atoms with E-state index in [1.807, 2.05) is 0 Å². The van der Waals surface area contributed by atoms with Gasteiger partial charge in [-0.05, 0) is 25.7 Å². The van der Waals surface area contributed by atoms with Crippen molar-refractivity contribution in [2.24, 2.45) is 17.8 Å². The zero-order chi connectivity index (χ0) is 13.4. The normalized spacial score (nSPS) is 41.3. The first-order chi connectivity index (χ1) is 9.22. The Morgan fingerprint density at radius 1 is 1.47 bits per heavy atom. The topological polar surface area (TPSA) is 36.9 Å². The van der Waals surface area contributed by atoms with E-state index < -0.39 is 0 Å². The molecule has 4 nitrogen and oxygen atoms in total. The highest BCUT2D eigenvalue weighted by Crippen LogP contribution is 2.49. The van der Waals surface area contributed by atoms with Gasteiger partial charge in [0, 0.05) is 18.9 Å². The first-order valence-electron chi connectivity index (χ1n) is 6.96. The molecule has 2 aliphatic heterocycles. The molecule has 0 spiro atoms. The summed E-state index contributed by atoms with van der Waals surface area (Å²) in [6.07, 6.45) is 4.18. The molecule has 3 aliphatic rings. The second-order valence-corrected chi connectivity index (χ2v) is 5.64. The molecular weight excluding hydrogens is 244 g/mol. The van der Waals surface area contributed by atoms with Crippen molar-refractivity contribution in [1.29, 1.82) is 0 Å². The Morgan fingerprint density at radius 2 is 2.32 bits per heavy atom. The summed E-state index contributed by atoms with van der Waals surface area (Å²) in [4.78, 5) is 0. The fourth-order valence-corrected chi connectivity index (χ4v) is 3.72. The van der Waals surface area contributed by atoms with E-state index in [4.69, 9.17) is 18.9 Å². The first kappa shape index (κ1) is 13.2. The maximum Gasteiger partial charge on any atom is 0.203 e. The van der Waals surface area contributed by atoms with Crippen molar-refractivity contribution >= 4 is 0 Å². The molecule has 0 radical (unpaired) electrons. The minimum atomic E-state index is -0.151. The molecule has 3 rings (SSSR count). The zero-order valence-corrected chi connectivity index (χ0v) is 11.6. The van der Waals surface area contributed by atoms with Crippen LogP contribution in [-0.4, -0.2) is 32.9 Å². The van der Waals surface area contributed by atoms with E-state index >= 15 is 0 Å². The van der Waals surface area contributed by atoms with Gasteiger partial charge >= 0.3 is 0 Å². The van der Waals surface area contributed by atoms with Gasteiger partial charge in [0.2, 0.25) is 6.29 Å². The molecule has 2 fully saturated rings. The Morgan fingerprint density at radius 3 is 3.11 bits per heavy atom. The van der Waals surface area contributed by atoms with Gasteiger partial charge in [-0.2, -0.15) is 0 Å². The van der Waals surface area contributed by atoms with Crippen LogP contribution < -0.4 is 0 Å². The molecular formula is C15H22O4. The van der Waals surface area contributed by atoms with Gasteiger partial charge in [-0.15, -0.1) is 0 Å². The molecule has 0 saturated carbocycles. The lowest BCUT2D eigenvalue weighted by molar-refractivity contribution is -0.252. The van der Waals surface area contributed by atoms with E-state index in [-0.39, 0.29) is 19.2 Å². The molecule has 0 amide bonds. The predicted octanol–water partition coefficient (Wildman–Crippen LogP) is 2.46. The van der Waals surface area contributed by atoms with Gasteiger partial charge in [0.25, 0.3) is 0 Å². The van der Waals surface area contributed by atoms with Crippen LogP contribution in [0.5, 0.6) is 0 Å². The van der Waals surface area contributed by atoms with Gasteiger partial charge in [-0.25, -0.2) is 0 Å². The Balaban J connectivity index is 1.85. The van der Waals surface area contributed by atoms with Crippen molar-refractivity contribution in [3.63, 3.8) is 0 Å². The third-order valence-electron chi connectivity index (χ3n) is 4.62. The minimum Gasteiger partial charge on any atom is -0.467 e. The number of rotatable bonds is 3. The van der Waals surface area contributed by atoms with Gasteiger partial charge in [0.15, 0.2) is 0 Å². The summed E-state index contributed by atoms with van der Waals surface area (Å²) < 4.78 is 22.5. The molecule has 5 atom stereocenters. The number of allylic oxidation sites excluding steroid dienone is 2. The molecule has 0 N–H and O–H groups in total. The summed E-state index contributed by atoms with van der Waals surface area (Å²) in [5.74, 6) is 2.00. The van der Waals surface area contributed by atoms with Crippen LogP contribution in [0.3, 0.4) is 0 Å². The standard InChI is InChI=1S/C15H22O4/c1-9-4-5-12-13-11(9)6-7-17-15(13)19-10(2)14(12)18-8-16-3/h4,11-15H,2,5-8H2,1,3H3/t11-,12-,13+,14+,15-/m0/s1. The summed E-state index contributed by atoms with van der Waals surface area (Å²) >= 11 is 0. The van der Waals surface area contributed by atoms with Crippen molar-refractivity contribution in [2.45, 2.75) is 32.2 Å². The zero-order valence-electron chi connectivity index (χ0n) is 11.6. The van der Waals surface area contributed by atoms with Crippen LogP contribution in [0.2, 0.25) is 0 Å². The van der Waals surface area contributed by atoms with Gasteiger partial charge in [0.1, 0.15) is 18.7 Å². The van der Waals surface area contributed by atoms with Crippen LogP contribution in [0.1, 0.15) is 19.8 Å². The molecule has 0 unspecified atom stereocenters. The van der Waals surface area contributed by atoms with Crippen LogP contribution in [0.4, 0.5) is 0 Å². The Kier molecular flexibility index (Phi) is 3.65. The van der Waals surface area contributed by atoms with Crippen molar-refractivity contribution in [1.82, 2.24) is 0 Å². The van der Waals surface area contributed by atoms with Gasteiger partial charge in [0.05, 0.1) is 6.61 Å². The van der Waals surface area contributed by atoms with Crippen molar-refractivity contribution in [3.05, 3.63) is 24.0 Å². The maximum atomic E-state index is 5.86. The Labute approximate surface area is 114 Å². The number of hydrogen-bond donors (Lipinski definition) is 0. The third-order valence-corrected chi connectivity index (χ3v) is 4.62. The van der Waals surface area contributed by atoms with Crippen molar-refractivity contribution in [2.75, 3.05) is 20.5 Å². The molecule has 0 aromatic heterocycles. The Hall–Kier alpha value is -0.840. The van der Waals surface area contributed by atoms with Gasteiger partial charge in [-0.3, -0.25) is 0 Å². The molecule has 0 bridgehead atoms. The molecule has 1 aliphatic carbocycles. The van der Waals surface area contributed by atoms with Crippen molar-refractivity contribution in [3.8, 4) is 0 Å². The lowest BCUT2D eigenvalue weighted by Crippen LogP contribution is -2.53. The fourth-order valence-electron chi connectivity index (χ4n) is 3.72. The highest BCUT2D eigenvalue weighted by molar-refractivity contribution is 5.18. The third kappa shape index (κ3) is 2.22. The molecule has 2 heterocycles. The number of methoxy groups -OCH3 is 1. The fraction of sp³-hybridized carbons (Fsp3) is 0.733. The van der Waals surface area contributed by atoms with Crippen LogP contribution in [0, 0.1) is 17.8 Å². The number of hydrogen-bond acceptors (Lipinski definition) is 4. The van der Waals surface area contributed by atoms with Gasteiger partial charge < -0.3 is 18.9 Å². The van der Waals surface area contributed by atoms with Gasteiger partial charge in [-0.1, -0.05) is 18.2 Å². The predicted molar refractivity (Wildman–Crippen MR) is 70.2 cm³/mol. The van der Waals surface area contributed by atoms with E-state index in [9.17, 15) is 0 Å². The van der Waals surface area contributed by atoms with Crippen molar-refractivity contribution < 1.29 is 18.9 Å². The quantitative estimate of drug-likeness (QED) is 0.581. The second kappa shape index (κ2) is 5.27. The van der Waals surface area contributed by atoms with E-state index in [2.05, 4.69) is 19.6 Å². The lowest BCUT2D eigenvalue weighted by atomic mass is 9.66. The van der Waals surface area contributed by atoms with Crippen LogP contribution in [0.25, 0.3) is 0 Å². The van der Waals surface area contributed by atoms with Crippen LogP contribution >= 0.6 is 0 Å². The summed E-state index contributed by atoms with van der Waals surface area (Å²) in [7, 11) is 1.63. The summed E-state index contributed by atoms with van der Waals surface area (Å²) in [6, 6.07) is 0. The number of ether oxygens (including phenoxy) is 4. The largest absolute Gasteiger partial charge is 0.467 e. The summed E-state index contributed by atoms with van der Waals surface area (Å²) in [5.41, 5.74) is 1.47. The Bertz CT molecular complexity index is 390. The highest BCUT2D eigenvalue weighted by Gasteiger charge is 2.50.